The lowest BCUT2D eigenvalue weighted by atomic mass is 10.3. The first-order valence-electron chi connectivity index (χ1n) is 7.85. The highest BCUT2D eigenvalue weighted by atomic mass is 32.2. The van der Waals surface area contributed by atoms with E-state index in [4.69, 9.17) is 0 Å². The van der Waals surface area contributed by atoms with Crippen LogP contribution in [0.1, 0.15) is 38.0 Å². The highest BCUT2D eigenvalue weighted by molar-refractivity contribution is 7.91. The predicted octanol–water partition coefficient (Wildman–Crippen LogP) is 2.33. The van der Waals surface area contributed by atoms with E-state index in [-0.39, 0.29) is 5.91 Å². The van der Waals surface area contributed by atoms with E-state index in [1.807, 2.05) is 19.9 Å². The smallest absolute Gasteiger partial charge is 0.252 e. The zero-order valence-corrected chi connectivity index (χ0v) is 14.9. The summed E-state index contributed by atoms with van der Waals surface area (Å²) in [5.41, 5.74) is 0. The van der Waals surface area contributed by atoms with Crippen LogP contribution >= 0.6 is 11.3 Å². The molecule has 7 heteroatoms. The van der Waals surface area contributed by atoms with Crippen LogP contribution < -0.4 is 0 Å². The van der Waals surface area contributed by atoms with E-state index < -0.39 is 10.0 Å². The van der Waals surface area contributed by atoms with Gasteiger partial charge in [0.05, 0.1) is 0 Å². The van der Waals surface area contributed by atoms with Gasteiger partial charge in [-0.3, -0.25) is 4.79 Å². The first-order valence-corrected chi connectivity index (χ1v) is 10.1. The number of hydrogen-bond donors (Lipinski definition) is 0. The summed E-state index contributed by atoms with van der Waals surface area (Å²) in [6.07, 6.45) is 2.91. The van der Waals surface area contributed by atoms with E-state index >= 15 is 0 Å². The van der Waals surface area contributed by atoms with Gasteiger partial charge in [0, 0.05) is 37.5 Å². The fraction of sp³-hybridized carbons (Fsp3) is 0.667. The summed E-state index contributed by atoms with van der Waals surface area (Å²) in [6.45, 7) is 6.01. The Morgan fingerprint density at radius 1 is 1.18 bits per heavy atom. The SMILES string of the molecule is CCCC(=O)N1CCCN(S(=O)(=O)c2ccc(CC)s2)CC1. The number of thiophene rings is 1. The molecule has 0 N–H and O–H groups in total. The van der Waals surface area contributed by atoms with Crippen LogP contribution in [0.15, 0.2) is 16.3 Å². The molecule has 22 heavy (non-hydrogen) atoms. The summed E-state index contributed by atoms with van der Waals surface area (Å²) >= 11 is 1.35. The van der Waals surface area contributed by atoms with E-state index in [1.165, 1.54) is 15.6 Å². The van der Waals surface area contributed by atoms with E-state index in [0.717, 1.165) is 17.7 Å². The van der Waals surface area contributed by atoms with E-state index in [2.05, 4.69) is 0 Å². The highest BCUT2D eigenvalue weighted by Gasteiger charge is 2.29. The van der Waals surface area contributed by atoms with Crippen molar-refractivity contribution >= 4 is 27.3 Å². The molecule has 0 spiro atoms. The summed E-state index contributed by atoms with van der Waals surface area (Å²) in [5.74, 6) is 0.131. The fourth-order valence-corrected chi connectivity index (χ4v) is 5.49. The Morgan fingerprint density at radius 3 is 2.59 bits per heavy atom. The Kier molecular flexibility index (Phi) is 6.00. The number of sulfonamides is 1. The number of aryl methyl sites for hydroxylation is 1. The van der Waals surface area contributed by atoms with Crippen molar-refractivity contribution in [3.05, 3.63) is 17.0 Å². The number of nitrogens with zero attached hydrogens (tertiary/aromatic N) is 2. The molecular weight excluding hydrogens is 320 g/mol. The summed E-state index contributed by atoms with van der Waals surface area (Å²) < 4.78 is 27.3. The molecule has 0 saturated carbocycles. The summed E-state index contributed by atoms with van der Waals surface area (Å²) in [6, 6.07) is 3.58. The molecule has 1 amide bonds. The van der Waals surface area contributed by atoms with Gasteiger partial charge < -0.3 is 4.90 Å². The van der Waals surface area contributed by atoms with Gasteiger partial charge in [0.2, 0.25) is 5.91 Å². The Labute approximate surface area is 137 Å². The van der Waals surface area contributed by atoms with Crippen LogP contribution in [0.2, 0.25) is 0 Å². The molecule has 0 atom stereocenters. The van der Waals surface area contributed by atoms with Gasteiger partial charge in [-0.05, 0) is 31.4 Å². The van der Waals surface area contributed by atoms with Gasteiger partial charge in [0.1, 0.15) is 4.21 Å². The quantitative estimate of drug-likeness (QED) is 0.824. The van der Waals surface area contributed by atoms with Crippen molar-refractivity contribution in [1.82, 2.24) is 9.21 Å². The minimum Gasteiger partial charge on any atom is -0.341 e. The lowest BCUT2D eigenvalue weighted by Gasteiger charge is -2.21. The molecule has 1 saturated heterocycles. The molecule has 1 aromatic rings. The molecular formula is C15H24N2O3S2. The minimum atomic E-state index is -3.42. The molecule has 1 aromatic heterocycles. The second-order valence-corrected chi connectivity index (χ2v) is 8.80. The maximum Gasteiger partial charge on any atom is 0.252 e. The number of hydrogen-bond acceptors (Lipinski definition) is 4. The topological polar surface area (TPSA) is 57.7 Å². The van der Waals surface area contributed by atoms with Crippen molar-refractivity contribution < 1.29 is 13.2 Å². The first-order chi connectivity index (χ1) is 10.5. The molecule has 124 valence electrons. The third-order valence-electron chi connectivity index (χ3n) is 3.85. The maximum atomic E-state index is 12.7. The van der Waals surface area contributed by atoms with E-state index in [1.54, 1.807) is 11.0 Å². The summed E-state index contributed by atoms with van der Waals surface area (Å²) in [4.78, 5) is 14.9. The Hall–Kier alpha value is -0.920. The van der Waals surface area contributed by atoms with Crippen LogP contribution in [-0.4, -0.2) is 49.7 Å². The number of carbonyl (C=O) groups is 1. The zero-order valence-electron chi connectivity index (χ0n) is 13.2. The second-order valence-electron chi connectivity index (χ2n) is 5.46. The minimum absolute atomic E-state index is 0.131. The van der Waals surface area contributed by atoms with Crippen molar-refractivity contribution in [2.45, 2.75) is 43.7 Å². The summed E-state index contributed by atoms with van der Waals surface area (Å²) in [7, 11) is -3.42. The number of rotatable bonds is 5. The molecule has 2 heterocycles. The van der Waals surface area contributed by atoms with Crippen molar-refractivity contribution in [3.8, 4) is 0 Å². The monoisotopic (exact) mass is 344 g/mol. The first kappa shape index (κ1) is 17.4. The molecule has 0 bridgehead atoms. The molecule has 1 aliphatic heterocycles. The van der Waals surface area contributed by atoms with Crippen LogP contribution in [0.5, 0.6) is 0 Å². The average molecular weight is 345 g/mol. The standard InChI is InChI=1S/C15H24N2O3S2/c1-3-6-14(18)16-9-5-10-17(12-11-16)22(19,20)15-8-7-13(4-2)21-15/h7-8H,3-6,9-12H2,1-2H3. The van der Waals surface area contributed by atoms with Gasteiger partial charge in [-0.15, -0.1) is 11.3 Å². The van der Waals surface area contributed by atoms with Gasteiger partial charge in [-0.1, -0.05) is 13.8 Å². The van der Waals surface area contributed by atoms with Crippen LogP contribution in [-0.2, 0) is 21.2 Å². The fourth-order valence-electron chi connectivity index (χ4n) is 2.57. The van der Waals surface area contributed by atoms with Crippen molar-refractivity contribution in [2.24, 2.45) is 0 Å². The average Bonchev–Trinajstić information content (AvgIpc) is 2.84. The normalized spacial score (nSPS) is 17.5. The van der Waals surface area contributed by atoms with E-state index in [9.17, 15) is 13.2 Å². The summed E-state index contributed by atoms with van der Waals surface area (Å²) in [5, 5.41) is 0. The van der Waals surface area contributed by atoms with Crippen LogP contribution in [0.3, 0.4) is 0 Å². The lowest BCUT2D eigenvalue weighted by Crippen LogP contribution is -2.37. The maximum absolute atomic E-state index is 12.7. The molecule has 0 unspecified atom stereocenters. The Bertz CT molecular complexity index is 610. The van der Waals surface area contributed by atoms with Gasteiger partial charge in [-0.25, -0.2) is 8.42 Å². The lowest BCUT2D eigenvalue weighted by molar-refractivity contribution is -0.131. The van der Waals surface area contributed by atoms with Crippen molar-refractivity contribution in [2.75, 3.05) is 26.2 Å². The van der Waals surface area contributed by atoms with Gasteiger partial charge >= 0.3 is 0 Å². The van der Waals surface area contributed by atoms with Gasteiger partial charge in [0.15, 0.2) is 0 Å². The molecule has 0 radical (unpaired) electrons. The third-order valence-corrected chi connectivity index (χ3v) is 7.45. The zero-order chi connectivity index (χ0) is 16.2. The third kappa shape index (κ3) is 3.88. The Morgan fingerprint density at radius 2 is 1.95 bits per heavy atom. The van der Waals surface area contributed by atoms with Crippen molar-refractivity contribution in [1.29, 1.82) is 0 Å². The predicted molar refractivity (Wildman–Crippen MR) is 88.6 cm³/mol. The van der Waals surface area contributed by atoms with E-state index in [0.29, 0.717) is 43.2 Å². The molecule has 0 aliphatic carbocycles. The Balaban J connectivity index is 2.08. The highest BCUT2D eigenvalue weighted by Crippen LogP contribution is 2.26. The number of carbonyl (C=O) groups excluding carboxylic acids is 1. The van der Waals surface area contributed by atoms with Crippen LogP contribution in [0.25, 0.3) is 0 Å². The van der Waals surface area contributed by atoms with Crippen molar-refractivity contribution in [3.63, 3.8) is 0 Å². The van der Waals surface area contributed by atoms with Crippen LogP contribution in [0, 0.1) is 0 Å². The molecule has 5 nitrogen and oxygen atoms in total. The molecule has 1 fully saturated rings. The molecule has 2 rings (SSSR count). The van der Waals surface area contributed by atoms with Gasteiger partial charge in [0.25, 0.3) is 10.0 Å². The van der Waals surface area contributed by atoms with Gasteiger partial charge in [-0.2, -0.15) is 4.31 Å². The number of amides is 1. The van der Waals surface area contributed by atoms with Crippen LogP contribution in [0.4, 0.5) is 0 Å². The molecule has 1 aliphatic rings. The second kappa shape index (κ2) is 7.57. The molecule has 0 aromatic carbocycles. The largest absolute Gasteiger partial charge is 0.341 e.